The molecule has 1 aromatic heterocycles. The third-order valence-corrected chi connectivity index (χ3v) is 4.17. The van der Waals surface area contributed by atoms with Gasteiger partial charge in [-0.2, -0.15) is 0 Å². The molecule has 0 bridgehead atoms. The lowest BCUT2D eigenvalue weighted by atomic mass is 10.0. The number of nitrogens with one attached hydrogen (secondary N) is 2. The predicted octanol–water partition coefficient (Wildman–Crippen LogP) is 4.42. The van der Waals surface area contributed by atoms with Gasteiger partial charge < -0.3 is 15.0 Å². The molecule has 1 heterocycles. The number of aromatic amines is 1. The molecule has 24 heavy (non-hydrogen) atoms. The molecule has 0 spiro atoms. The number of H-pyrrole nitrogens is 1. The van der Waals surface area contributed by atoms with Crippen LogP contribution in [0.5, 0.6) is 0 Å². The maximum absolute atomic E-state index is 12.0. The van der Waals surface area contributed by atoms with Gasteiger partial charge >= 0.3 is 6.09 Å². The van der Waals surface area contributed by atoms with Gasteiger partial charge in [-0.05, 0) is 30.0 Å². The van der Waals surface area contributed by atoms with Crippen LogP contribution in [0.1, 0.15) is 24.5 Å². The van der Waals surface area contributed by atoms with Gasteiger partial charge in [0, 0.05) is 23.1 Å². The quantitative estimate of drug-likeness (QED) is 0.706. The van der Waals surface area contributed by atoms with Crippen LogP contribution < -0.4 is 5.32 Å². The van der Waals surface area contributed by atoms with Crippen LogP contribution >= 0.6 is 0 Å². The van der Waals surface area contributed by atoms with Gasteiger partial charge in [0.15, 0.2) is 0 Å². The van der Waals surface area contributed by atoms with Crippen molar-refractivity contribution in [2.75, 3.05) is 0 Å². The monoisotopic (exact) mass is 322 g/mol. The highest BCUT2D eigenvalue weighted by Gasteiger charge is 2.14. The number of carbonyl (C=O) groups is 1. The third-order valence-electron chi connectivity index (χ3n) is 4.17. The molecule has 3 rings (SSSR count). The Hall–Kier alpha value is -2.75. The van der Waals surface area contributed by atoms with E-state index in [-0.39, 0.29) is 18.7 Å². The molecule has 0 saturated heterocycles. The number of benzene rings is 2. The van der Waals surface area contributed by atoms with Crippen molar-refractivity contribution in [3.05, 3.63) is 71.9 Å². The molecular weight excluding hydrogens is 300 g/mol. The first-order chi connectivity index (χ1) is 11.8. The molecule has 1 atom stereocenters. The Labute approximate surface area is 141 Å². The Morgan fingerprint density at radius 3 is 2.67 bits per heavy atom. The smallest absolute Gasteiger partial charge is 0.407 e. The number of fused-ring (bicyclic) bond motifs is 1. The Bertz CT molecular complexity index is 796. The number of carbonyl (C=O) groups excluding carboxylic acids is 1. The van der Waals surface area contributed by atoms with Gasteiger partial charge in [-0.1, -0.05) is 55.5 Å². The van der Waals surface area contributed by atoms with E-state index in [0.29, 0.717) is 0 Å². The van der Waals surface area contributed by atoms with E-state index in [4.69, 9.17) is 4.74 Å². The summed E-state index contributed by atoms with van der Waals surface area (Å²) in [5.74, 6) is 0. The number of hydrogen-bond acceptors (Lipinski definition) is 2. The van der Waals surface area contributed by atoms with E-state index in [0.717, 1.165) is 23.9 Å². The average Bonchev–Trinajstić information content (AvgIpc) is 3.03. The summed E-state index contributed by atoms with van der Waals surface area (Å²) >= 11 is 0. The maximum Gasteiger partial charge on any atom is 0.407 e. The molecule has 4 nitrogen and oxygen atoms in total. The van der Waals surface area contributed by atoms with Crippen LogP contribution in [0.2, 0.25) is 0 Å². The van der Waals surface area contributed by atoms with Gasteiger partial charge in [0.25, 0.3) is 0 Å². The number of hydrogen-bond donors (Lipinski definition) is 2. The minimum absolute atomic E-state index is 0.0486. The largest absolute Gasteiger partial charge is 0.445 e. The van der Waals surface area contributed by atoms with Crippen LogP contribution in [-0.4, -0.2) is 17.1 Å². The van der Waals surface area contributed by atoms with E-state index in [1.54, 1.807) is 0 Å². The third kappa shape index (κ3) is 3.96. The lowest BCUT2D eigenvalue weighted by Gasteiger charge is -2.16. The summed E-state index contributed by atoms with van der Waals surface area (Å²) in [6, 6.07) is 17.9. The van der Waals surface area contributed by atoms with E-state index >= 15 is 0 Å². The molecule has 0 aliphatic carbocycles. The molecular formula is C20H22N2O2. The van der Waals surface area contributed by atoms with Crippen LogP contribution in [0, 0.1) is 0 Å². The molecule has 1 amide bonds. The Morgan fingerprint density at radius 1 is 1.12 bits per heavy atom. The highest BCUT2D eigenvalue weighted by atomic mass is 16.5. The summed E-state index contributed by atoms with van der Waals surface area (Å²) in [7, 11) is 0. The number of aromatic nitrogens is 1. The van der Waals surface area contributed by atoms with Crippen LogP contribution in [0.4, 0.5) is 4.79 Å². The molecule has 0 saturated carbocycles. The Balaban J connectivity index is 1.57. The highest BCUT2D eigenvalue weighted by molar-refractivity contribution is 5.83. The van der Waals surface area contributed by atoms with Crippen molar-refractivity contribution >= 4 is 17.0 Å². The summed E-state index contributed by atoms with van der Waals surface area (Å²) in [5, 5.41) is 4.17. The zero-order valence-electron chi connectivity index (χ0n) is 13.8. The van der Waals surface area contributed by atoms with Gasteiger partial charge in [0.1, 0.15) is 6.61 Å². The topological polar surface area (TPSA) is 54.1 Å². The minimum atomic E-state index is -0.370. The summed E-state index contributed by atoms with van der Waals surface area (Å²) in [5.41, 5.74) is 3.31. The van der Waals surface area contributed by atoms with Crippen molar-refractivity contribution in [2.45, 2.75) is 32.4 Å². The van der Waals surface area contributed by atoms with Crippen LogP contribution in [-0.2, 0) is 17.8 Å². The Kier molecular flexibility index (Phi) is 5.16. The van der Waals surface area contributed by atoms with Gasteiger partial charge in [-0.3, -0.25) is 0 Å². The molecule has 1 unspecified atom stereocenters. The summed E-state index contributed by atoms with van der Waals surface area (Å²) < 4.78 is 5.31. The normalized spacial score (nSPS) is 12.0. The van der Waals surface area contributed by atoms with Crippen LogP contribution in [0.15, 0.2) is 60.8 Å². The highest BCUT2D eigenvalue weighted by Crippen LogP contribution is 2.19. The fraction of sp³-hybridized carbons (Fsp3) is 0.250. The summed E-state index contributed by atoms with van der Waals surface area (Å²) in [6.07, 6.45) is 3.27. The first kappa shape index (κ1) is 16.1. The van der Waals surface area contributed by atoms with Crippen molar-refractivity contribution in [1.82, 2.24) is 10.3 Å². The van der Waals surface area contributed by atoms with Crippen molar-refractivity contribution in [3.8, 4) is 0 Å². The van der Waals surface area contributed by atoms with Crippen molar-refractivity contribution in [1.29, 1.82) is 0 Å². The van der Waals surface area contributed by atoms with E-state index in [1.807, 2.05) is 48.7 Å². The first-order valence-corrected chi connectivity index (χ1v) is 8.28. The van der Waals surface area contributed by atoms with Crippen molar-refractivity contribution in [2.24, 2.45) is 0 Å². The molecule has 2 N–H and O–H groups in total. The molecule has 4 heteroatoms. The second-order valence-corrected chi connectivity index (χ2v) is 5.87. The number of amides is 1. The first-order valence-electron chi connectivity index (χ1n) is 8.28. The predicted molar refractivity (Wildman–Crippen MR) is 95.8 cm³/mol. The van der Waals surface area contributed by atoms with Crippen LogP contribution in [0.3, 0.4) is 0 Å². The lowest BCUT2D eigenvalue weighted by Crippen LogP contribution is -2.36. The number of alkyl carbamates (subject to hydrolysis) is 1. The Morgan fingerprint density at radius 2 is 1.88 bits per heavy atom. The lowest BCUT2D eigenvalue weighted by molar-refractivity contribution is 0.135. The molecule has 0 fully saturated rings. The number of ether oxygens (including phenoxy) is 1. The minimum Gasteiger partial charge on any atom is -0.445 e. The SMILES string of the molecule is CCC(Cc1c[nH]c2ccccc12)NC(=O)OCc1ccccc1. The fourth-order valence-corrected chi connectivity index (χ4v) is 2.79. The number of rotatable bonds is 6. The molecule has 124 valence electrons. The molecule has 2 aromatic carbocycles. The van der Waals surface area contributed by atoms with Gasteiger partial charge in [0.05, 0.1) is 0 Å². The van der Waals surface area contributed by atoms with Gasteiger partial charge in [-0.15, -0.1) is 0 Å². The van der Waals surface area contributed by atoms with Crippen molar-refractivity contribution in [3.63, 3.8) is 0 Å². The fourth-order valence-electron chi connectivity index (χ4n) is 2.79. The second kappa shape index (κ2) is 7.68. The van der Waals surface area contributed by atoms with E-state index < -0.39 is 0 Å². The average molecular weight is 322 g/mol. The summed E-state index contributed by atoms with van der Waals surface area (Å²) in [4.78, 5) is 15.3. The van der Waals surface area contributed by atoms with E-state index in [9.17, 15) is 4.79 Å². The van der Waals surface area contributed by atoms with Gasteiger partial charge in [-0.25, -0.2) is 4.79 Å². The molecule has 0 radical (unpaired) electrons. The van der Waals surface area contributed by atoms with Crippen LogP contribution in [0.25, 0.3) is 10.9 Å². The zero-order chi connectivity index (χ0) is 16.8. The summed E-state index contributed by atoms with van der Waals surface area (Å²) in [6.45, 7) is 2.35. The zero-order valence-corrected chi connectivity index (χ0v) is 13.8. The molecule has 3 aromatic rings. The standard InChI is InChI=1S/C20H22N2O2/c1-2-17(12-16-13-21-19-11-7-6-10-18(16)19)22-20(23)24-14-15-8-4-3-5-9-15/h3-11,13,17,21H,2,12,14H2,1H3,(H,22,23). The van der Waals surface area contributed by atoms with E-state index in [1.165, 1.54) is 10.9 Å². The van der Waals surface area contributed by atoms with Crippen molar-refractivity contribution < 1.29 is 9.53 Å². The molecule has 0 aliphatic rings. The maximum atomic E-state index is 12.0. The van der Waals surface area contributed by atoms with E-state index in [2.05, 4.69) is 29.4 Å². The van der Waals surface area contributed by atoms with Gasteiger partial charge in [0.2, 0.25) is 0 Å². The second-order valence-electron chi connectivity index (χ2n) is 5.87. The molecule has 0 aliphatic heterocycles. The number of para-hydroxylation sites is 1.